The van der Waals surface area contributed by atoms with Crippen molar-refractivity contribution in [2.24, 2.45) is 0 Å². The number of rotatable bonds is 0. The zero-order chi connectivity index (χ0) is 7.98. The topological polar surface area (TPSA) is 26.0 Å². The Morgan fingerprint density at radius 2 is 1.91 bits per heavy atom. The molecule has 2 N–H and O–H groups in total. The van der Waals surface area contributed by atoms with Crippen molar-refractivity contribution in [2.45, 2.75) is 13.8 Å². The van der Waals surface area contributed by atoms with Crippen LogP contribution in [0.3, 0.4) is 0 Å². The molecule has 0 unspecified atom stereocenters. The summed E-state index contributed by atoms with van der Waals surface area (Å²) in [5, 5.41) is 0. The molecule has 0 bridgehead atoms. The molecule has 0 aliphatic heterocycles. The average molecular weight is 224 g/mol. The van der Waals surface area contributed by atoms with Crippen molar-refractivity contribution in [3.63, 3.8) is 0 Å². The minimum absolute atomic E-state index is 0. The van der Waals surface area contributed by atoms with E-state index in [-0.39, 0.29) is 32.7 Å². The first-order chi connectivity index (χ1) is 4.79. The van der Waals surface area contributed by atoms with Crippen LogP contribution in [0.15, 0.2) is 18.2 Å². The quantitative estimate of drug-likeness (QED) is 0.530. The number of hydrogen-bond donors (Lipinski definition) is 1. The third-order valence-electron chi connectivity index (χ3n) is 0.992. The Kier molecular flexibility index (Phi) is 10.2. The van der Waals surface area contributed by atoms with E-state index in [9.17, 15) is 0 Å². The molecular weight excluding hydrogens is 211 g/mol. The monoisotopic (exact) mass is 224 g/mol. The summed E-state index contributed by atoms with van der Waals surface area (Å²) in [4.78, 5) is 0. The summed E-state index contributed by atoms with van der Waals surface area (Å²) in [6, 6.07) is 8.55. The van der Waals surface area contributed by atoms with Crippen molar-refractivity contribution >= 4 is 5.69 Å². The van der Waals surface area contributed by atoms with Gasteiger partial charge in [-0.25, -0.2) is 0 Å². The van der Waals surface area contributed by atoms with E-state index in [2.05, 4.69) is 13.0 Å². The fraction of sp³-hybridized carbons (Fsp3) is 0.222. The SMILES string of the molecule is Cc1c[c-]c(N)cc1.[CH2-]C.[Y]. The number of nitrogens with two attached hydrogens (primary N) is 1. The van der Waals surface area contributed by atoms with E-state index in [1.165, 1.54) is 5.56 Å². The van der Waals surface area contributed by atoms with Crippen LogP contribution in [0.5, 0.6) is 0 Å². The molecule has 1 rings (SSSR count). The van der Waals surface area contributed by atoms with Gasteiger partial charge in [-0.3, -0.25) is 0 Å². The molecule has 0 fully saturated rings. The fourth-order valence-corrected chi connectivity index (χ4v) is 0.515. The Balaban J connectivity index is 0. The second-order valence-electron chi connectivity index (χ2n) is 1.82. The largest absolute Gasteiger partial charge is 0.420 e. The molecule has 1 aromatic rings. The van der Waals surface area contributed by atoms with E-state index < -0.39 is 0 Å². The second kappa shape index (κ2) is 8.22. The molecule has 0 aliphatic carbocycles. The van der Waals surface area contributed by atoms with Crippen LogP contribution in [0.2, 0.25) is 0 Å². The van der Waals surface area contributed by atoms with Gasteiger partial charge in [-0.15, -0.1) is 6.07 Å². The van der Waals surface area contributed by atoms with Gasteiger partial charge in [-0.2, -0.15) is 30.7 Å². The molecule has 0 aliphatic rings. The van der Waals surface area contributed by atoms with Gasteiger partial charge in [0.25, 0.3) is 0 Å². The van der Waals surface area contributed by atoms with E-state index in [1.54, 1.807) is 6.92 Å². The van der Waals surface area contributed by atoms with E-state index in [0.29, 0.717) is 5.69 Å². The number of benzene rings is 1. The Morgan fingerprint density at radius 1 is 1.36 bits per heavy atom. The average Bonchev–Trinajstić information content (AvgIpc) is 2.00. The van der Waals surface area contributed by atoms with Crippen molar-refractivity contribution in [2.75, 3.05) is 5.73 Å². The molecule has 0 spiro atoms. The van der Waals surface area contributed by atoms with Gasteiger partial charge in [0.2, 0.25) is 0 Å². The second-order valence-corrected chi connectivity index (χ2v) is 1.82. The van der Waals surface area contributed by atoms with E-state index in [1.807, 2.05) is 25.1 Å². The Labute approximate surface area is 94.3 Å². The molecular formula is C9H13NY-2. The van der Waals surface area contributed by atoms with Gasteiger partial charge in [0.05, 0.1) is 0 Å². The molecule has 0 heterocycles. The van der Waals surface area contributed by atoms with Gasteiger partial charge in [-0.1, -0.05) is 12.6 Å². The van der Waals surface area contributed by atoms with Gasteiger partial charge < -0.3 is 12.7 Å². The van der Waals surface area contributed by atoms with Gasteiger partial charge in [0, 0.05) is 32.7 Å². The van der Waals surface area contributed by atoms with Crippen LogP contribution in [0.1, 0.15) is 12.5 Å². The van der Waals surface area contributed by atoms with Crippen LogP contribution in [0.4, 0.5) is 5.69 Å². The molecule has 11 heavy (non-hydrogen) atoms. The maximum atomic E-state index is 5.37. The smallest absolute Gasteiger partial charge is 0 e. The number of anilines is 1. The maximum absolute atomic E-state index is 5.37. The summed E-state index contributed by atoms with van der Waals surface area (Å²) < 4.78 is 0. The Hall–Kier alpha value is 0.124. The zero-order valence-corrected chi connectivity index (χ0v) is 9.93. The number of aryl methyl sites for hydroxylation is 1. The van der Waals surface area contributed by atoms with Gasteiger partial charge in [-0.05, 0) is 0 Å². The van der Waals surface area contributed by atoms with E-state index >= 15 is 0 Å². The number of nitrogen functional groups attached to an aromatic ring is 1. The summed E-state index contributed by atoms with van der Waals surface area (Å²) >= 11 is 0. The molecule has 0 saturated heterocycles. The van der Waals surface area contributed by atoms with Gasteiger partial charge in [0.1, 0.15) is 0 Å². The zero-order valence-electron chi connectivity index (χ0n) is 7.09. The molecule has 0 atom stereocenters. The summed E-state index contributed by atoms with van der Waals surface area (Å²) in [5.41, 5.74) is 7.27. The van der Waals surface area contributed by atoms with Crippen LogP contribution in [-0.4, -0.2) is 0 Å². The van der Waals surface area contributed by atoms with Crippen molar-refractivity contribution < 1.29 is 32.7 Å². The van der Waals surface area contributed by atoms with Crippen LogP contribution in [0, 0.1) is 19.9 Å². The molecule has 0 saturated carbocycles. The summed E-state index contributed by atoms with van der Waals surface area (Å²) in [5.74, 6) is 0. The molecule has 1 radical (unpaired) electrons. The standard InChI is InChI=1S/C7H8N.C2H5.Y/c1-6-2-4-7(8)5-3-6;1-2;/h2-4H,8H2,1H3;1H2,2H3;/q2*-1;. The minimum Gasteiger partial charge on any atom is -0.420 e. The van der Waals surface area contributed by atoms with E-state index in [0.717, 1.165) is 0 Å². The van der Waals surface area contributed by atoms with Crippen LogP contribution in [0.25, 0.3) is 0 Å². The minimum atomic E-state index is 0. The molecule has 59 valence electrons. The molecule has 0 aromatic heterocycles. The third-order valence-corrected chi connectivity index (χ3v) is 0.992. The molecule has 2 heteroatoms. The predicted molar refractivity (Wildman–Crippen MR) is 45.5 cm³/mol. The molecule has 0 amide bonds. The first-order valence-electron chi connectivity index (χ1n) is 3.23. The normalized spacial score (nSPS) is 7.18. The Morgan fingerprint density at radius 3 is 2.18 bits per heavy atom. The summed E-state index contributed by atoms with van der Waals surface area (Å²) in [6.45, 7) is 7.01. The van der Waals surface area contributed by atoms with E-state index in [4.69, 9.17) is 5.73 Å². The van der Waals surface area contributed by atoms with Crippen molar-refractivity contribution in [1.29, 1.82) is 0 Å². The van der Waals surface area contributed by atoms with Gasteiger partial charge in [0.15, 0.2) is 0 Å². The Bertz CT molecular complexity index is 148. The molecule has 1 aromatic carbocycles. The van der Waals surface area contributed by atoms with Crippen molar-refractivity contribution in [3.8, 4) is 0 Å². The predicted octanol–water partition coefficient (Wildman–Crippen LogP) is 2.22. The first-order valence-corrected chi connectivity index (χ1v) is 3.23. The van der Waals surface area contributed by atoms with Crippen LogP contribution in [-0.2, 0) is 32.7 Å². The maximum Gasteiger partial charge on any atom is 0 e. The number of hydrogen-bond acceptors (Lipinski definition) is 1. The fourth-order valence-electron chi connectivity index (χ4n) is 0.515. The van der Waals surface area contributed by atoms with Crippen LogP contribution >= 0.6 is 0 Å². The van der Waals surface area contributed by atoms with Crippen LogP contribution < -0.4 is 5.73 Å². The molecule has 1 nitrogen and oxygen atoms in total. The van der Waals surface area contributed by atoms with Gasteiger partial charge >= 0.3 is 0 Å². The van der Waals surface area contributed by atoms with Crippen molar-refractivity contribution in [3.05, 3.63) is 36.8 Å². The summed E-state index contributed by atoms with van der Waals surface area (Å²) in [6.07, 6.45) is 0. The first kappa shape index (κ1) is 13.7. The van der Waals surface area contributed by atoms with Crippen molar-refractivity contribution in [1.82, 2.24) is 0 Å². The third kappa shape index (κ3) is 6.52. The summed E-state index contributed by atoms with van der Waals surface area (Å²) in [7, 11) is 0.